The molecule has 0 aliphatic heterocycles. The zero-order valence-electron chi connectivity index (χ0n) is 11.3. The van der Waals surface area contributed by atoms with Crippen molar-refractivity contribution in [3.05, 3.63) is 34.1 Å². The van der Waals surface area contributed by atoms with Gasteiger partial charge < -0.3 is 10.4 Å². The summed E-state index contributed by atoms with van der Waals surface area (Å²) in [6.45, 7) is 5.71. The fourth-order valence-electron chi connectivity index (χ4n) is 1.64. The van der Waals surface area contributed by atoms with Crippen LogP contribution in [0.1, 0.15) is 37.6 Å². The van der Waals surface area contributed by atoms with Crippen LogP contribution in [0.3, 0.4) is 0 Å². The van der Waals surface area contributed by atoms with E-state index in [0.717, 1.165) is 12.5 Å². The Bertz CT molecular complexity index is 463. The van der Waals surface area contributed by atoms with Crippen molar-refractivity contribution in [2.75, 3.05) is 6.54 Å². The summed E-state index contributed by atoms with van der Waals surface area (Å²) in [5, 5.41) is 12.8. The third-order valence-corrected chi connectivity index (χ3v) is 4.15. The Balaban J connectivity index is 2.73. The zero-order chi connectivity index (χ0) is 14.6. The van der Waals surface area contributed by atoms with Gasteiger partial charge in [0.2, 0.25) is 0 Å². The fourth-order valence-corrected chi connectivity index (χ4v) is 2.07. The average Bonchev–Trinajstić information content (AvgIpc) is 2.37. The van der Waals surface area contributed by atoms with Crippen LogP contribution in [-0.2, 0) is 0 Å². The van der Waals surface area contributed by atoms with E-state index in [-0.39, 0.29) is 18.0 Å². The largest absolute Gasteiger partial charge is 0.388 e. The topological polar surface area (TPSA) is 49.3 Å². The van der Waals surface area contributed by atoms with Crippen LogP contribution in [0.15, 0.2) is 22.7 Å². The second kappa shape index (κ2) is 6.48. The van der Waals surface area contributed by atoms with Crippen molar-refractivity contribution < 1.29 is 14.3 Å². The highest BCUT2D eigenvalue weighted by Gasteiger charge is 2.27. The number of halogens is 2. The number of hydrogen-bond acceptors (Lipinski definition) is 2. The quantitative estimate of drug-likeness (QED) is 0.870. The molecule has 0 saturated carbocycles. The second-order valence-corrected chi connectivity index (χ2v) is 5.83. The first kappa shape index (κ1) is 16.1. The molecule has 5 heteroatoms. The lowest BCUT2D eigenvalue weighted by atomic mass is 9.88. The molecule has 0 aliphatic rings. The van der Waals surface area contributed by atoms with E-state index in [1.165, 1.54) is 12.1 Å². The summed E-state index contributed by atoms with van der Waals surface area (Å²) >= 11 is 3.20. The molecule has 1 aromatic carbocycles. The Hall–Kier alpha value is -0.940. The van der Waals surface area contributed by atoms with Gasteiger partial charge in [0.1, 0.15) is 5.82 Å². The van der Waals surface area contributed by atoms with E-state index in [0.29, 0.717) is 4.47 Å². The third kappa shape index (κ3) is 4.28. The smallest absolute Gasteiger partial charge is 0.252 e. The van der Waals surface area contributed by atoms with Gasteiger partial charge in [-0.1, -0.05) is 20.3 Å². The highest BCUT2D eigenvalue weighted by Crippen LogP contribution is 2.20. The molecule has 106 valence electrons. The maximum Gasteiger partial charge on any atom is 0.252 e. The summed E-state index contributed by atoms with van der Waals surface area (Å²) in [5.74, 6) is -0.819. The minimum absolute atomic E-state index is 0.0590. The molecule has 2 N–H and O–H groups in total. The van der Waals surface area contributed by atoms with Gasteiger partial charge in [-0.3, -0.25) is 4.79 Å². The van der Waals surface area contributed by atoms with Gasteiger partial charge in [-0.05, 0) is 47.0 Å². The highest BCUT2D eigenvalue weighted by atomic mass is 79.9. The molecular weight excluding hydrogens is 313 g/mol. The first-order chi connectivity index (χ1) is 8.77. The first-order valence-corrected chi connectivity index (χ1v) is 7.03. The molecule has 2 atom stereocenters. The third-order valence-electron chi connectivity index (χ3n) is 3.45. The summed E-state index contributed by atoms with van der Waals surface area (Å²) in [4.78, 5) is 12.0. The lowest BCUT2D eigenvalue weighted by molar-refractivity contribution is 0.00592. The van der Waals surface area contributed by atoms with Crippen molar-refractivity contribution in [2.45, 2.75) is 32.8 Å². The van der Waals surface area contributed by atoms with Crippen LogP contribution in [0, 0.1) is 11.7 Å². The summed E-state index contributed by atoms with van der Waals surface area (Å²) in [6, 6.07) is 3.92. The lowest BCUT2D eigenvalue weighted by Gasteiger charge is -2.29. The first-order valence-electron chi connectivity index (χ1n) is 6.23. The van der Waals surface area contributed by atoms with Crippen LogP contribution in [0.2, 0.25) is 0 Å². The van der Waals surface area contributed by atoms with E-state index >= 15 is 0 Å². The fraction of sp³-hybridized carbons (Fsp3) is 0.500. The van der Waals surface area contributed by atoms with Crippen molar-refractivity contribution in [2.24, 2.45) is 5.92 Å². The van der Waals surface area contributed by atoms with Crippen LogP contribution in [0.25, 0.3) is 0 Å². The molecule has 0 unspecified atom stereocenters. The average molecular weight is 332 g/mol. The highest BCUT2D eigenvalue weighted by molar-refractivity contribution is 9.10. The predicted octanol–water partition coefficient (Wildman–Crippen LogP) is 3.12. The molecule has 0 spiro atoms. The predicted molar refractivity (Wildman–Crippen MR) is 76.5 cm³/mol. The van der Waals surface area contributed by atoms with Crippen molar-refractivity contribution in [1.29, 1.82) is 0 Å². The molecule has 1 rings (SSSR count). The van der Waals surface area contributed by atoms with Gasteiger partial charge in [-0.2, -0.15) is 0 Å². The summed E-state index contributed by atoms with van der Waals surface area (Å²) in [5.41, 5.74) is -0.760. The molecular formula is C14H19BrFNO2. The molecule has 0 aromatic heterocycles. The van der Waals surface area contributed by atoms with Crippen molar-refractivity contribution in [3.63, 3.8) is 0 Å². The van der Waals surface area contributed by atoms with E-state index in [1.807, 2.05) is 13.8 Å². The molecule has 0 heterocycles. The van der Waals surface area contributed by atoms with Crippen molar-refractivity contribution in [1.82, 2.24) is 5.32 Å². The van der Waals surface area contributed by atoms with Crippen LogP contribution >= 0.6 is 15.9 Å². The van der Waals surface area contributed by atoms with Gasteiger partial charge >= 0.3 is 0 Å². The monoisotopic (exact) mass is 331 g/mol. The van der Waals surface area contributed by atoms with Gasteiger partial charge in [-0.25, -0.2) is 4.39 Å². The summed E-state index contributed by atoms with van der Waals surface area (Å²) in [7, 11) is 0. The normalized spacial score (nSPS) is 15.7. The molecule has 0 bridgehead atoms. The number of aliphatic hydroxyl groups is 1. The van der Waals surface area contributed by atoms with Gasteiger partial charge in [0.25, 0.3) is 5.91 Å². The minimum Gasteiger partial charge on any atom is -0.388 e. The van der Waals surface area contributed by atoms with Gasteiger partial charge in [-0.15, -0.1) is 0 Å². The standard InChI is InChI=1S/C14H19BrFNO2/c1-4-9(2)14(3,19)8-17-13(18)11-7-10(16)5-6-12(11)15/h5-7,9,19H,4,8H2,1-3H3,(H,17,18)/t9-,14+/m1/s1. The van der Waals surface area contributed by atoms with E-state index < -0.39 is 17.3 Å². The van der Waals surface area contributed by atoms with E-state index in [4.69, 9.17) is 0 Å². The lowest BCUT2D eigenvalue weighted by Crippen LogP contribution is -2.45. The SMILES string of the molecule is CC[C@@H](C)[C@@](C)(O)CNC(=O)c1cc(F)ccc1Br. The number of benzene rings is 1. The number of rotatable bonds is 5. The zero-order valence-corrected chi connectivity index (χ0v) is 12.9. The van der Waals surface area contributed by atoms with Gasteiger partial charge in [0, 0.05) is 11.0 Å². The Morgan fingerprint density at radius 2 is 2.21 bits per heavy atom. The van der Waals surface area contributed by atoms with E-state index in [1.54, 1.807) is 6.92 Å². The molecule has 19 heavy (non-hydrogen) atoms. The molecule has 0 fully saturated rings. The number of nitrogens with one attached hydrogen (secondary N) is 1. The van der Waals surface area contributed by atoms with E-state index in [2.05, 4.69) is 21.2 Å². The number of amides is 1. The van der Waals surface area contributed by atoms with Crippen LogP contribution in [0.4, 0.5) is 4.39 Å². The maximum absolute atomic E-state index is 13.1. The Morgan fingerprint density at radius 1 is 1.58 bits per heavy atom. The van der Waals surface area contributed by atoms with Crippen LogP contribution < -0.4 is 5.32 Å². The molecule has 1 aromatic rings. The van der Waals surface area contributed by atoms with Gasteiger partial charge in [0.15, 0.2) is 0 Å². The number of hydrogen-bond donors (Lipinski definition) is 2. The molecule has 0 radical (unpaired) electrons. The number of carbonyl (C=O) groups is 1. The van der Waals surface area contributed by atoms with Crippen molar-refractivity contribution >= 4 is 21.8 Å². The molecule has 3 nitrogen and oxygen atoms in total. The van der Waals surface area contributed by atoms with Gasteiger partial charge in [0.05, 0.1) is 11.2 Å². The Kier molecular flexibility index (Phi) is 5.50. The van der Waals surface area contributed by atoms with Crippen LogP contribution in [-0.4, -0.2) is 23.2 Å². The molecule has 0 aliphatic carbocycles. The summed E-state index contributed by atoms with van der Waals surface area (Å²) < 4.78 is 13.6. The maximum atomic E-state index is 13.1. The second-order valence-electron chi connectivity index (χ2n) is 4.97. The Morgan fingerprint density at radius 3 is 2.79 bits per heavy atom. The molecule has 1 amide bonds. The number of carbonyl (C=O) groups excluding carboxylic acids is 1. The Labute approximate surface area is 121 Å². The summed E-state index contributed by atoms with van der Waals surface area (Å²) in [6.07, 6.45) is 0.812. The van der Waals surface area contributed by atoms with Crippen molar-refractivity contribution in [3.8, 4) is 0 Å². The minimum atomic E-state index is -0.982. The van der Waals surface area contributed by atoms with E-state index in [9.17, 15) is 14.3 Å². The van der Waals surface area contributed by atoms with Crippen LogP contribution in [0.5, 0.6) is 0 Å². The molecule has 0 saturated heterocycles.